The number of fused-ring (bicyclic) bond motifs is 1. The van der Waals surface area contributed by atoms with Crippen molar-refractivity contribution in [3.05, 3.63) is 24.0 Å². The number of hydrogen-bond acceptors (Lipinski definition) is 5. The van der Waals surface area contributed by atoms with Crippen molar-refractivity contribution in [2.24, 2.45) is 11.8 Å². The second-order valence-corrected chi connectivity index (χ2v) is 13.4. The molecule has 35 heavy (non-hydrogen) atoms. The molecule has 8 nitrogen and oxygen atoms in total. The van der Waals surface area contributed by atoms with E-state index in [0.29, 0.717) is 24.4 Å². The summed E-state index contributed by atoms with van der Waals surface area (Å²) in [6, 6.07) is 5.58. The fourth-order valence-corrected chi connectivity index (χ4v) is 6.92. The highest BCUT2D eigenvalue weighted by atomic mass is 32.2. The normalized spacial score (nSPS) is 23.0. The molecule has 1 aromatic heterocycles. The summed E-state index contributed by atoms with van der Waals surface area (Å²) in [4.78, 5) is 17.8. The van der Waals surface area contributed by atoms with Gasteiger partial charge in [-0.25, -0.2) is 13.4 Å². The first kappa shape index (κ1) is 24.7. The zero-order valence-corrected chi connectivity index (χ0v) is 21.9. The summed E-state index contributed by atoms with van der Waals surface area (Å²) in [5, 5.41) is 3.07. The zero-order valence-electron chi connectivity index (χ0n) is 21.1. The molecule has 1 N–H and O–H groups in total. The molecule has 9 heteroatoms. The molecule has 1 aromatic carbocycles. The Morgan fingerprint density at radius 3 is 2.54 bits per heavy atom. The van der Waals surface area contributed by atoms with E-state index >= 15 is 0 Å². The monoisotopic (exact) mass is 502 g/mol. The number of carbonyl (C=O) groups excluding carboxylic acids is 1. The maximum atomic E-state index is 13.5. The highest BCUT2D eigenvalue weighted by Crippen LogP contribution is 2.32. The highest BCUT2D eigenvalue weighted by molar-refractivity contribution is 7.89. The van der Waals surface area contributed by atoms with Gasteiger partial charge in [0.1, 0.15) is 5.82 Å². The number of benzene rings is 1. The SMILES string of the molecule is CC(C)(C)c1nc2cc(S(=O)(=O)N3CCC(C(=O)NC4CCC4)C3)ccc2n1CC1CCOCC1. The largest absolute Gasteiger partial charge is 0.381 e. The van der Waals surface area contributed by atoms with Crippen molar-refractivity contribution in [3.63, 3.8) is 0 Å². The van der Waals surface area contributed by atoms with Gasteiger partial charge in [0.2, 0.25) is 15.9 Å². The first-order chi connectivity index (χ1) is 16.6. The van der Waals surface area contributed by atoms with Crippen LogP contribution in [0.5, 0.6) is 0 Å². The summed E-state index contributed by atoms with van der Waals surface area (Å²) < 4.78 is 36.2. The first-order valence-electron chi connectivity index (χ1n) is 13.0. The fraction of sp³-hybridized carbons (Fsp3) is 0.692. The van der Waals surface area contributed by atoms with Crippen LogP contribution >= 0.6 is 0 Å². The molecule has 0 bridgehead atoms. The van der Waals surface area contributed by atoms with Crippen LogP contribution in [0.15, 0.2) is 23.1 Å². The second-order valence-electron chi connectivity index (χ2n) is 11.5. The Hall–Kier alpha value is -1.97. The summed E-state index contributed by atoms with van der Waals surface area (Å²) >= 11 is 0. The number of rotatable bonds is 6. The van der Waals surface area contributed by atoms with Crippen molar-refractivity contribution in [1.29, 1.82) is 0 Å². The Morgan fingerprint density at radius 2 is 1.89 bits per heavy atom. The van der Waals surface area contributed by atoms with Crippen molar-refractivity contribution in [1.82, 2.24) is 19.2 Å². The topological polar surface area (TPSA) is 93.5 Å². The van der Waals surface area contributed by atoms with E-state index in [2.05, 4.69) is 30.7 Å². The lowest BCUT2D eigenvalue weighted by Crippen LogP contribution is -2.43. The molecule has 1 unspecified atom stereocenters. The van der Waals surface area contributed by atoms with E-state index in [1.54, 1.807) is 12.1 Å². The molecule has 3 heterocycles. The lowest BCUT2D eigenvalue weighted by molar-refractivity contribution is -0.125. The van der Waals surface area contributed by atoms with Gasteiger partial charge in [-0.2, -0.15) is 4.31 Å². The third-order valence-electron chi connectivity index (χ3n) is 7.78. The minimum Gasteiger partial charge on any atom is -0.381 e. The molecule has 192 valence electrons. The maximum absolute atomic E-state index is 13.5. The minimum atomic E-state index is -3.70. The number of hydrogen-bond donors (Lipinski definition) is 1. The van der Waals surface area contributed by atoms with Gasteiger partial charge >= 0.3 is 0 Å². The van der Waals surface area contributed by atoms with Crippen molar-refractivity contribution in [3.8, 4) is 0 Å². The molecule has 2 aromatic rings. The van der Waals surface area contributed by atoms with Gasteiger partial charge in [0.05, 0.1) is 21.8 Å². The number of nitrogens with zero attached hydrogens (tertiary/aromatic N) is 3. The van der Waals surface area contributed by atoms with Gasteiger partial charge in [-0.1, -0.05) is 20.8 Å². The number of amides is 1. The third kappa shape index (κ3) is 5.00. The van der Waals surface area contributed by atoms with Crippen molar-refractivity contribution in [2.45, 2.75) is 82.2 Å². The van der Waals surface area contributed by atoms with Crippen LogP contribution in [0.4, 0.5) is 0 Å². The molecule has 1 saturated carbocycles. The van der Waals surface area contributed by atoms with Crippen molar-refractivity contribution < 1.29 is 17.9 Å². The molecular formula is C26H38N4O4S. The zero-order chi connectivity index (χ0) is 24.8. The molecule has 5 rings (SSSR count). The Kier molecular flexibility index (Phi) is 6.70. The first-order valence-corrected chi connectivity index (χ1v) is 14.5. The molecule has 3 aliphatic rings. The van der Waals surface area contributed by atoms with Gasteiger partial charge in [0.15, 0.2) is 0 Å². The van der Waals surface area contributed by atoms with E-state index in [4.69, 9.17) is 9.72 Å². The Balaban J connectivity index is 1.39. The summed E-state index contributed by atoms with van der Waals surface area (Å²) in [5.74, 6) is 1.21. The lowest BCUT2D eigenvalue weighted by atomic mass is 9.92. The Labute approximate surface area is 208 Å². The number of aromatic nitrogens is 2. The number of ether oxygens (including phenoxy) is 1. The predicted molar refractivity (Wildman–Crippen MR) is 135 cm³/mol. The molecule has 2 aliphatic heterocycles. The summed E-state index contributed by atoms with van der Waals surface area (Å²) in [7, 11) is -3.70. The molecule has 0 radical (unpaired) electrons. The highest BCUT2D eigenvalue weighted by Gasteiger charge is 2.37. The predicted octanol–water partition coefficient (Wildman–Crippen LogP) is 3.44. The van der Waals surface area contributed by atoms with E-state index < -0.39 is 10.0 Å². The number of sulfonamides is 1. The van der Waals surface area contributed by atoms with Crippen LogP contribution in [0.1, 0.15) is 65.1 Å². The summed E-state index contributed by atoms with van der Waals surface area (Å²) in [6.45, 7) is 9.49. The summed E-state index contributed by atoms with van der Waals surface area (Å²) in [6.07, 6.45) is 5.82. The molecule has 0 spiro atoms. The molecule has 2 saturated heterocycles. The van der Waals surface area contributed by atoms with Gasteiger partial charge in [-0.3, -0.25) is 4.79 Å². The van der Waals surface area contributed by atoms with Gasteiger partial charge in [0, 0.05) is 44.3 Å². The lowest BCUT2D eigenvalue weighted by Gasteiger charge is -2.27. The average molecular weight is 503 g/mol. The van der Waals surface area contributed by atoms with E-state index in [0.717, 1.165) is 63.2 Å². The van der Waals surface area contributed by atoms with Crippen LogP contribution < -0.4 is 5.32 Å². The van der Waals surface area contributed by atoms with Gasteiger partial charge < -0.3 is 14.6 Å². The van der Waals surface area contributed by atoms with Crippen LogP contribution in [0.3, 0.4) is 0 Å². The van der Waals surface area contributed by atoms with E-state index in [1.165, 1.54) is 4.31 Å². The van der Waals surface area contributed by atoms with Gasteiger partial charge in [-0.15, -0.1) is 0 Å². The maximum Gasteiger partial charge on any atom is 0.243 e. The molecule has 1 aliphatic carbocycles. The van der Waals surface area contributed by atoms with E-state index in [1.807, 2.05) is 6.07 Å². The molecule has 1 amide bonds. The van der Waals surface area contributed by atoms with Gasteiger partial charge in [-0.05, 0) is 62.6 Å². The quantitative estimate of drug-likeness (QED) is 0.653. The standard InChI is InChI=1S/C26H38N4O4S/c1-26(2,3)25-28-22-15-21(7-8-23(22)30(25)16-18-10-13-34-14-11-18)35(32,33)29-12-9-19(17-29)24(31)27-20-5-4-6-20/h7-8,15,18-20H,4-6,9-14,16-17H2,1-3H3,(H,27,31). The molecule has 3 fully saturated rings. The van der Waals surface area contributed by atoms with Crippen LogP contribution in [-0.2, 0) is 31.5 Å². The van der Waals surface area contributed by atoms with E-state index in [9.17, 15) is 13.2 Å². The number of imidazole rings is 1. The smallest absolute Gasteiger partial charge is 0.243 e. The number of nitrogens with one attached hydrogen (secondary N) is 1. The van der Waals surface area contributed by atoms with E-state index in [-0.39, 0.29) is 34.7 Å². The van der Waals surface area contributed by atoms with Crippen molar-refractivity contribution in [2.75, 3.05) is 26.3 Å². The molecular weight excluding hydrogens is 464 g/mol. The number of carbonyl (C=O) groups is 1. The average Bonchev–Trinajstić information content (AvgIpc) is 3.43. The molecule has 1 atom stereocenters. The van der Waals surface area contributed by atoms with Crippen LogP contribution in [0, 0.1) is 11.8 Å². The summed E-state index contributed by atoms with van der Waals surface area (Å²) in [5.41, 5.74) is 1.51. The van der Waals surface area contributed by atoms with Gasteiger partial charge in [0.25, 0.3) is 0 Å². The van der Waals surface area contributed by atoms with Crippen LogP contribution in [0.25, 0.3) is 11.0 Å². The van der Waals surface area contributed by atoms with Crippen LogP contribution in [0.2, 0.25) is 0 Å². The third-order valence-corrected chi connectivity index (χ3v) is 9.64. The second kappa shape index (κ2) is 9.48. The fourth-order valence-electron chi connectivity index (χ4n) is 5.40. The minimum absolute atomic E-state index is 0.00970. The Bertz CT molecular complexity index is 1190. The Morgan fingerprint density at radius 1 is 1.14 bits per heavy atom. The van der Waals surface area contributed by atoms with Crippen LogP contribution in [-0.4, -0.2) is 60.5 Å². The van der Waals surface area contributed by atoms with Crippen molar-refractivity contribution >= 4 is 27.0 Å².